The summed E-state index contributed by atoms with van der Waals surface area (Å²) in [6, 6.07) is 2.35. The van der Waals surface area contributed by atoms with E-state index >= 15 is 0 Å². The highest BCUT2D eigenvalue weighted by atomic mass is 19.1. The van der Waals surface area contributed by atoms with E-state index in [0.717, 1.165) is 44.5 Å². The molecular weight excluding hydrogens is 435 g/mol. The second kappa shape index (κ2) is 7.67. The Kier molecular flexibility index (Phi) is 4.85. The quantitative estimate of drug-likeness (QED) is 0.636. The SMILES string of the molecule is O=C(Nc1cc(F)c(OC2C[C@@H]3C[C@@H]3C2)c(F)c1)c1nc(N2CCC3(CC3)C2)oc1CCF. The summed E-state index contributed by atoms with van der Waals surface area (Å²) in [6.45, 7) is 0.873. The molecule has 0 radical (unpaired) electrons. The van der Waals surface area contributed by atoms with Gasteiger partial charge in [-0.25, -0.2) is 8.78 Å². The number of amides is 1. The summed E-state index contributed by atoms with van der Waals surface area (Å²) in [4.78, 5) is 19.1. The fraction of sp³-hybridized carbons (Fsp3) is 0.583. The monoisotopic (exact) mass is 461 g/mol. The van der Waals surface area contributed by atoms with Gasteiger partial charge in [0.15, 0.2) is 23.1 Å². The number of ether oxygens (including phenoxy) is 1. The average molecular weight is 461 g/mol. The molecule has 1 aliphatic heterocycles. The lowest BCUT2D eigenvalue weighted by Crippen LogP contribution is -2.21. The van der Waals surface area contributed by atoms with Gasteiger partial charge in [0.05, 0.1) is 12.8 Å². The van der Waals surface area contributed by atoms with Crippen LogP contribution in [0.3, 0.4) is 0 Å². The summed E-state index contributed by atoms with van der Waals surface area (Å²) in [6.07, 6.45) is 5.95. The van der Waals surface area contributed by atoms with Gasteiger partial charge in [-0.15, -0.1) is 0 Å². The Hall–Kier alpha value is -2.71. The standard InChI is InChI=1S/C24H26F3N3O3/c25-5-1-19-20(29-23(33-19)30-6-4-24(12-30)2-3-24)22(31)28-15-10-17(26)21(18(27)11-15)32-16-8-13-7-14(13)9-16/h10-11,13-14,16H,1-9,12H2,(H,28,31)/t13-,14+,16?. The Morgan fingerprint density at radius 3 is 2.55 bits per heavy atom. The summed E-state index contributed by atoms with van der Waals surface area (Å²) in [5.74, 6) is -1.48. The van der Waals surface area contributed by atoms with Crippen molar-refractivity contribution in [2.75, 3.05) is 30.0 Å². The number of aryl methyl sites for hydroxylation is 1. The summed E-state index contributed by atoms with van der Waals surface area (Å²) >= 11 is 0. The number of hydrogen-bond donors (Lipinski definition) is 1. The molecule has 1 spiro atoms. The van der Waals surface area contributed by atoms with Gasteiger partial charge >= 0.3 is 0 Å². The zero-order valence-electron chi connectivity index (χ0n) is 18.2. The second-order valence-electron chi connectivity index (χ2n) is 10.1. The van der Waals surface area contributed by atoms with Crippen LogP contribution in [0.15, 0.2) is 16.5 Å². The van der Waals surface area contributed by atoms with Gasteiger partial charge in [-0.05, 0) is 55.8 Å². The molecule has 1 aromatic carbocycles. The van der Waals surface area contributed by atoms with Crippen LogP contribution in [0.5, 0.6) is 5.75 Å². The first kappa shape index (κ1) is 20.9. The van der Waals surface area contributed by atoms with E-state index in [1.54, 1.807) is 0 Å². The number of oxazole rings is 1. The Morgan fingerprint density at radius 1 is 1.18 bits per heavy atom. The summed E-state index contributed by atoms with van der Waals surface area (Å²) in [5, 5.41) is 2.47. The Balaban J connectivity index is 1.18. The molecule has 3 aliphatic carbocycles. The number of fused-ring (bicyclic) bond motifs is 1. The molecule has 2 aromatic rings. The molecule has 3 atom stereocenters. The number of halogens is 3. The number of alkyl halides is 1. The fourth-order valence-electron chi connectivity index (χ4n) is 5.45. The van der Waals surface area contributed by atoms with Crippen molar-refractivity contribution in [2.45, 2.75) is 51.0 Å². The van der Waals surface area contributed by atoms with Gasteiger partial charge in [0.25, 0.3) is 11.9 Å². The number of rotatable bonds is 7. The van der Waals surface area contributed by atoms with E-state index < -0.39 is 30.0 Å². The molecule has 176 valence electrons. The van der Waals surface area contributed by atoms with Crippen LogP contribution in [0.25, 0.3) is 0 Å². The van der Waals surface area contributed by atoms with Crippen LogP contribution in [0.4, 0.5) is 24.9 Å². The molecule has 1 saturated heterocycles. The predicted octanol–water partition coefficient (Wildman–Crippen LogP) is 4.88. The average Bonchev–Trinajstić information content (AvgIpc) is 3.50. The maximum Gasteiger partial charge on any atom is 0.298 e. The second-order valence-corrected chi connectivity index (χ2v) is 10.1. The van der Waals surface area contributed by atoms with E-state index in [4.69, 9.17) is 9.15 Å². The largest absolute Gasteiger partial charge is 0.484 e. The molecule has 0 bridgehead atoms. The first-order valence-electron chi connectivity index (χ1n) is 11.7. The Labute approximate surface area is 189 Å². The normalized spacial score (nSPS) is 26.5. The molecule has 33 heavy (non-hydrogen) atoms. The van der Waals surface area contributed by atoms with E-state index in [-0.39, 0.29) is 29.7 Å². The number of hydrogen-bond acceptors (Lipinski definition) is 5. The maximum atomic E-state index is 14.6. The smallest absolute Gasteiger partial charge is 0.298 e. The lowest BCUT2D eigenvalue weighted by molar-refractivity contribution is 0.102. The molecule has 6 nitrogen and oxygen atoms in total. The number of carbonyl (C=O) groups excluding carboxylic acids is 1. The molecule has 1 N–H and O–H groups in total. The molecule has 4 fully saturated rings. The lowest BCUT2D eigenvalue weighted by atomic mass is 10.1. The van der Waals surface area contributed by atoms with Gasteiger partial charge < -0.3 is 19.4 Å². The minimum Gasteiger partial charge on any atom is -0.484 e. The van der Waals surface area contributed by atoms with Crippen molar-refractivity contribution in [1.82, 2.24) is 4.98 Å². The predicted molar refractivity (Wildman–Crippen MR) is 114 cm³/mol. The van der Waals surface area contributed by atoms with Crippen molar-refractivity contribution < 1.29 is 27.1 Å². The minimum atomic E-state index is -0.873. The number of nitrogens with one attached hydrogen (secondary N) is 1. The third-order valence-corrected chi connectivity index (χ3v) is 7.63. The highest BCUT2D eigenvalue weighted by Gasteiger charge is 2.49. The van der Waals surface area contributed by atoms with Gasteiger partial charge in [-0.3, -0.25) is 9.18 Å². The van der Waals surface area contributed by atoms with Gasteiger partial charge in [0, 0.05) is 37.3 Å². The van der Waals surface area contributed by atoms with E-state index in [0.29, 0.717) is 23.3 Å². The number of aromatic nitrogens is 1. The van der Waals surface area contributed by atoms with Crippen molar-refractivity contribution >= 4 is 17.6 Å². The number of anilines is 2. The lowest BCUT2D eigenvalue weighted by Gasteiger charge is -2.17. The van der Waals surface area contributed by atoms with Crippen molar-refractivity contribution in [3.63, 3.8) is 0 Å². The van der Waals surface area contributed by atoms with Crippen LogP contribution in [0.1, 0.15) is 54.8 Å². The van der Waals surface area contributed by atoms with Crippen LogP contribution < -0.4 is 15.0 Å². The molecule has 2 heterocycles. The van der Waals surface area contributed by atoms with Gasteiger partial charge in [-0.2, -0.15) is 4.98 Å². The maximum absolute atomic E-state index is 14.6. The summed E-state index contributed by atoms with van der Waals surface area (Å²) in [5.41, 5.74) is 0.200. The van der Waals surface area contributed by atoms with Gasteiger partial charge in [0.2, 0.25) is 0 Å². The van der Waals surface area contributed by atoms with E-state index in [9.17, 15) is 18.0 Å². The van der Waals surface area contributed by atoms with E-state index in [1.807, 2.05) is 4.90 Å². The zero-order valence-corrected chi connectivity index (χ0v) is 18.2. The van der Waals surface area contributed by atoms with Crippen molar-refractivity contribution in [3.05, 3.63) is 35.2 Å². The van der Waals surface area contributed by atoms with E-state index in [2.05, 4.69) is 10.3 Å². The molecule has 1 aromatic heterocycles. The van der Waals surface area contributed by atoms with Crippen LogP contribution in [-0.4, -0.2) is 36.8 Å². The fourth-order valence-corrected chi connectivity index (χ4v) is 5.45. The zero-order chi connectivity index (χ0) is 22.7. The summed E-state index contributed by atoms with van der Waals surface area (Å²) < 4.78 is 53.6. The molecule has 6 rings (SSSR count). The highest BCUT2D eigenvalue weighted by Crippen LogP contribution is 2.54. The molecule has 3 saturated carbocycles. The number of carbonyl (C=O) groups is 1. The van der Waals surface area contributed by atoms with Crippen LogP contribution in [-0.2, 0) is 6.42 Å². The van der Waals surface area contributed by atoms with Crippen molar-refractivity contribution in [2.24, 2.45) is 17.3 Å². The first-order valence-corrected chi connectivity index (χ1v) is 11.7. The van der Waals surface area contributed by atoms with Crippen molar-refractivity contribution in [1.29, 1.82) is 0 Å². The first-order chi connectivity index (χ1) is 15.9. The topological polar surface area (TPSA) is 67.6 Å². The van der Waals surface area contributed by atoms with Crippen LogP contribution in [0, 0.1) is 28.9 Å². The third-order valence-electron chi connectivity index (χ3n) is 7.63. The number of benzene rings is 1. The van der Waals surface area contributed by atoms with Gasteiger partial charge in [0.1, 0.15) is 5.76 Å². The Bertz CT molecular complexity index is 1070. The van der Waals surface area contributed by atoms with Crippen LogP contribution >= 0.6 is 0 Å². The molecule has 1 amide bonds. The molecular formula is C24H26F3N3O3. The molecule has 9 heteroatoms. The molecule has 4 aliphatic rings. The Morgan fingerprint density at radius 2 is 1.91 bits per heavy atom. The highest BCUT2D eigenvalue weighted by molar-refractivity contribution is 6.03. The third kappa shape index (κ3) is 3.95. The summed E-state index contributed by atoms with van der Waals surface area (Å²) in [7, 11) is 0. The minimum absolute atomic E-state index is 0.0641. The van der Waals surface area contributed by atoms with Crippen LogP contribution in [0.2, 0.25) is 0 Å². The van der Waals surface area contributed by atoms with Crippen molar-refractivity contribution in [3.8, 4) is 5.75 Å². The molecule has 1 unspecified atom stereocenters. The van der Waals surface area contributed by atoms with E-state index in [1.165, 1.54) is 19.3 Å². The number of nitrogens with zero attached hydrogens (tertiary/aromatic N) is 2. The van der Waals surface area contributed by atoms with Gasteiger partial charge in [-0.1, -0.05) is 0 Å².